The lowest BCUT2D eigenvalue weighted by molar-refractivity contribution is 1.41. The minimum absolute atomic E-state index is 0.615. The molecule has 2 heterocycles. The molecule has 0 aliphatic carbocycles. The van der Waals surface area contributed by atoms with Gasteiger partial charge in [0, 0.05) is 31.9 Å². The largest absolute Gasteiger partial charge is 0.262 e. The highest BCUT2D eigenvalue weighted by atomic mass is 32.1. The van der Waals surface area contributed by atoms with Crippen LogP contribution in [0.4, 0.5) is 22.7 Å². The zero-order valence-corrected chi connectivity index (χ0v) is 16.8. The number of benzene rings is 1. The number of thiophene rings is 2. The summed E-state index contributed by atoms with van der Waals surface area (Å²) in [6.45, 7) is 14.8. The first-order valence-electron chi connectivity index (χ1n) is 8.31. The van der Waals surface area contributed by atoms with Gasteiger partial charge in [0.25, 0.3) is 0 Å². The maximum atomic E-state index is 4.62. The molecule has 3 rings (SSSR count). The van der Waals surface area contributed by atoms with Gasteiger partial charge in [0.2, 0.25) is 0 Å². The van der Waals surface area contributed by atoms with Gasteiger partial charge in [0.05, 0.1) is 22.7 Å². The van der Waals surface area contributed by atoms with Crippen molar-refractivity contribution in [2.75, 3.05) is 0 Å². The van der Waals surface area contributed by atoms with Gasteiger partial charge in [-0.15, -0.1) is 22.7 Å². The van der Waals surface area contributed by atoms with Gasteiger partial charge in [0.1, 0.15) is 0 Å². The highest BCUT2D eigenvalue weighted by Crippen LogP contribution is 2.40. The first-order chi connectivity index (χ1) is 13.7. The summed E-state index contributed by atoms with van der Waals surface area (Å²) >= 11 is 3.23. The van der Waals surface area contributed by atoms with E-state index in [0.29, 0.717) is 22.7 Å². The molecule has 0 atom stereocenters. The molecule has 0 unspecified atom stereocenters. The van der Waals surface area contributed by atoms with Crippen LogP contribution >= 0.6 is 22.7 Å². The van der Waals surface area contributed by atoms with Crippen molar-refractivity contribution in [2.45, 2.75) is 0 Å². The maximum Gasteiger partial charge on any atom is 0.0909 e. The molecule has 0 saturated heterocycles. The van der Waals surface area contributed by atoms with Crippen LogP contribution in [0.2, 0.25) is 0 Å². The van der Waals surface area contributed by atoms with E-state index in [0.717, 1.165) is 19.5 Å². The van der Waals surface area contributed by atoms with Gasteiger partial charge in [-0.1, -0.05) is 25.3 Å². The molecule has 0 fully saturated rings. The third-order valence-corrected chi connectivity index (χ3v) is 5.80. The summed E-state index contributed by atoms with van der Waals surface area (Å²) in [6, 6.07) is 11.6. The zero-order chi connectivity index (χ0) is 19.9. The standard InChI is InChI=1S/C22H18N4S2/c1-5-15-7-9-17(27-15)13-25-21-11-19(23-3)20(24-4)12-22(21)26-14-18-10-8-16(6-2)28-18/h5-14H,1-4H2. The van der Waals surface area contributed by atoms with Crippen molar-refractivity contribution in [3.8, 4) is 0 Å². The average Bonchev–Trinajstić information content (AvgIpc) is 3.39. The van der Waals surface area contributed by atoms with Crippen molar-refractivity contribution >= 4 is 83.4 Å². The fourth-order valence-electron chi connectivity index (χ4n) is 2.38. The molecule has 138 valence electrons. The minimum atomic E-state index is 0.615. The van der Waals surface area contributed by atoms with Crippen LogP contribution in [0.1, 0.15) is 19.5 Å². The quantitative estimate of drug-likeness (QED) is 0.356. The van der Waals surface area contributed by atoms with Gasteiger partial charge in [-0.2, -0.15) is 0 Å². The van der Waals surface area contributed by atoms with Gasteiger partial charge >= 0.3 is 0 Å². The molecule has 28 heavy (non-hydrogen) atoms. The van der Waals surface area contributed by atoms with Crippen molar-refractivity contribution in [3.05, 3.63) is 69.1 Å². The van der Waals surface area contributed by atoms with E-state index >= 15 is 0 Å². The number of hydrogen-bond donors (Lipinski definition) is 0. The predicted molar refractivity (Wildman–Crippen MR) is 128 cm³/mol. The Kier molecular flexibility index (Phi) is 6.37. The van der Waals surface area contributed by atoms with E-state index in [-0.39, 0.29) is 0 Å². The fraction of sp³-hybridized carbons (Fsp3) is 0. The highest BCUT2D eigenvalue weighted by molar-refractivity contribution is 7.14. The molecule has 1 aromatic carbocycles. The lowest BCUT2D eigenvalue weighted by Gasteiger charge is -2.05. The first-order valence-corrected chi connectivity index (χ1v) is 9.94. The van der Waals surface area contributed by atoms with Crippen LogP contribution in [0.25, 0.3) is 12.2 Å². The van der Waals surface area contributed by atoms with Crippen LogP contribution in [-0.4, -0.2) is 25.9 Å². The molecular formula is C22H18N4S2. The third kappa shape index (κ3) is 4.54. The molecule has 4 nitrogen and oxygen atoms in total. The van der Waals surface area contributed by atoms with Gasteiger partial charge in [-0.05, 0) is 49.8 Å². The Hall–Kier alpha value is -3.22. The zero-order valence-electron chi connectivity index (χ0n) is 15.2. The van der Waals surface area contributed by atoms with E-state index in [9.17, 15) is 0 Å². The predicted octanol–water partition coefficient (Wildman–Crippen LogP) is 7.26. The Morgan fingerprint density at radius 2 is 1.00 bits per heavy atom. The van der Waals surface area contributed by atoms with Crippen molar-refractivity contribution in [1.82, 2.24) is 0 Å². The summed E-state index contributed by atoms with van der Waals surface area (Å²) in [4.78, 5) is 21.5. The molecule has 0 aliphatic heterocycles. The summed E-state index contributed by atoms with van der Waals surface area (Å²) in [7, 11) is 0. The molecular weight excluding hydrogens is 384 g/mol. The van der Waals surface area contributed by atoms with E-state index in [1.807, 2.05) is 48.6 Å². The van der Waals surface area contributed by atoms with Crippen LogP contribution < -0.4 is 0 Å². The van der Waals surface area contributed by atoms with Gasteiger partial charge in [-0.3, -0.25) is 20.0 Å². The number of rotatable bonds is 8. The second kappa shape index (κ2) is 9.12. The smallest absolute Gasteiger partial charge is 0.0909 e. The van der Waals surface area contributed by atoms with E-state index in [2.05, 4.69) is 46.6 Å². The van der Waals surface area contributed by atoms with Crippen molar-refractivity contribution in [1.29, 1.82) is 0 Å². The molecule has 0 amide bonds. The Morgan fingerprint density at radius 3 is 1.32 bits per heavy atom. The summed E-state index contributed by atoms with van der Waals surface area (Å²) < 4.78 is 0. The monoisotopic (exact) mass is 402 g/mol. The first kappa shape index (κ1) is 19.5. The topological polar surface area (TPSA) is 49.4 Å². The molecule has 3 aromatic rings. The van der Waals surface area contributed by atoms with Crippen LogP contribution in [0.3, 0.4) is 0 Å². The number of aliphatic imine (C=N–C) groups is 4. The van der Waals surface area contributed by atoms with Crippen LogP contribution in [0.15, 0.2) is 69.5 Å². The van der Waals surface area contributed by atoms with Crippen molar-refractivity contribution in [3.63, 3.8) is 0 Å². The molecule has 6 heteroatoms. The fourth-order valence-corrected chi connectivity index (χ4v) is 3.84. The summed E-state index contributed by atoms with van der Waals surface area (Å²) in [5.74, 6) is 0. The molecule has 0 N–H and O–H groups in total. The second-order valence-corrected chi connectivity index (χ2v) is 7.84. The van der Waals surface area contributed by atoms with E-state index in [4.69, 9.17) is 0 Å². The highest BCUT2D eigenvalue weighted by Gasteiger charge is 2.08. The minimum Gasteiger partial charge on any atom is -0.262 e. The van der Waals surface area contributed by atoms with E-state index < -0.39 is 0 Å². The van der Waals surface area contributed by atoms with Gasteiger partial charge in [-0.25, -0.2) is 0 Å². The van der Waals surface area contributed by atoms with Crippen LogP contribution in [0, 0.1) is 0 Å². The Bertz CT molecular complexity index is 1010. The molecule has 0 saturated carbocycles. The SMILES string of the molecule is C=Cc1ccc(C=Nc2cc(N=C)c(N=C)cc2N=Cc2ccc(C=C)s2)s1. The second-order valence-electron chi connectivity index (χ2n) is 5.55. The Labute approximate surface area is 172 Å². The maximum absolute atomic E-state index is 4.62. The Balaban J connectivity index is 2.00. The van der Waals surface area contributed by atoms with Crippen LogP contribution in [-0.2, 0) is 0 Å². The molecule has 0 spiro atoms. The molecule has 0 aliphatic rings. The van der Waals surface area contributed by atoms with Crippen LogP contribution in [0.5, 0.6) is 0 Å². The summed E-state index contributed by atoms with van der Waals surface area (Å²) in [5.41, 5.74) is 2.59. The van der Waals surface area contributed by atoms with Gasteiger partial charge < -0.3 is 0 Å². The molecule has 2 aromatic heterocycles. The lowest BCUT2D eigenvalue weighted by atomic mass is 10.2. The number of hydrogen-bond acceptors (Lipinski definition) is 6. The van der Waals surface area contributed by atoms with E-state index in [1.54, 1.807) is 35.1 Å². The lowest BCUT2D eigenvalue weighted by Crippen LogP contribution is -1.78. The number of nitrogens with zero attached hydrogens (tertiary/aromatic N) is 4. The molecule has 0 bridgehead atoms. The van der Waals surface area contributed by atoms with Crippen molar-refractivity contribution < 1.29 is 0 Å². The summed E-state index contributed by atoms with van der Waals surface area (Å²) in [5, 5.41) is 0. The average molecular weight is 403 g/mol. The van der Waals surface area contributed by atoms with Crippen molar-refractivity contribution in [2.24, 2.45) is 20.0 Å². The normalized spacial score (nSPS) is 11.1. The van der Waals surface area contributed by atoms with Gasteiger partial charge in [0.15, 0.2) is 0 Å². The summed E-state index contributed by atoms with van der Waals surface area (Å²) in [6.07, 6.45) is 7.25. The Morgan fingerprint density at radius 1 is 0.607 bits per heavy atom. The third-order valence-electron chi connectivity index (χ3n) is 3.77. The van der Waals surface area contributed by atoms with E-state index in [1.165, 1.54) is 0 Å². The molecule has 0 radical (unpaired) electrons.